The summed E-state index contributed by atoms with van der Waals surface area (Å²) in [6.07, 6.45) is 2.22. The van der Waals surface area contributed by atoms with Crippen LogP contribution in [0.4, 0.5) is 0 Å². The van der Waals surface area contributed by atoms with Gasteiger partial charge < -0.3 is 0 Å². The Hall–Kier alpha value is -2.15. The molecule has 1 nitrogen and oxygen atoms in total. The predicted molar refractivity (Wildman–Crippen MR) is 75.0 cm³/mol. The van der Waals surface area contributed by atoms with Gasteiger partial charge in [0.05, 0.1) is 5.39 Å². The fourth-order valence-corrected chi connectivity index (χ4v) is 2.38. The summed E-state index contributed by atoms with van der Waals surface area (Å²) in [5, 5.41) is 1.32. The SMILES string of the molecule is Cc1c[n+](-c2ccccc2)c2ccccc2c1C. The number of rotatable bonds is 1. The van der Waals surface area contributed by atoms with Gasteiger partial charge in [0.15, 0.2) is 6.20 Å². The van der Waals surface area contributed by atoms with E-state index in [1.54, 1.807) is 0 Å². The van der Waals surface area contributed by atoms with Crippen LogP contribution in [0.15, 0.2) is 60.8 Å². The van der Waals surface area contributed by atoms with E-state index in [0.29, 0.717) is 0 Å². The molecule has 0 aliphatic carbocycles. The Kier molecular flexibility index (Phi) is 2.60. The zero-order valence-electron chi connectivity index (χ0n) is 10.7. The molecule has 0 atom stereocenters. The normalized spacial score (nSPS) is 10.8. The van der Waals surface area contributed by atoms with Gasteiger partial charge in [-0.2, -0.15) is 4.57 Å². The van der Waals surface area contributed by atoms with Crippen LogP contribution in [0.1, 0.15) is 11.1 Å². The van der Waals surface area contributed by atoms with Crippen molar-refractivity contribution in [1.29, 1.82) is 0 Å². The van der Waals surface area contributed by atoms with Gasteiger partial charge in [-0.3, -0.25) is 0 Å². The molecule has 0 spiro atoms. The Labute approximate surface area is 107 Å². The van der Waals surface area contributed by atoms with Gasteiger partial charge in [-0.05, 0) is 25.5 Å². The van der Waals surface area contributed by atoms with E-state index >= 15 is 0 Å². The van der Waals surface area contributed by atoms with Crippen LogP contribution in [-0.2, 0) is 0 Å². The summed E-state index contributed by atoms with van der Waals surface area (Å²) in [5.41, 5.74) is 5.14. The van der Waals surface area contributed by atoms with Gasteiger partial charge >= 0.3 is 0 Å². The van der Waals surface area contributed by atoms with Crippen LogP contribution in [0.25, 0.3) is 16.6 Å². The molecule has 0 unspecified atom stereocenters. The number of aromatic nitrogens is 1. The number of hydrogen-bond donors (Lipinski definition) is 0. The van der Waals surface area contributed by atoms with E-state index in [2.05, 4.69) is 73.1 Å². The van der Waals surface area contributed by atoms with Gasteiger partial charge in [-0.15, -0.1) is 0 Å². The van der Waals surface area contributed by atoms with Crippen LogP contribution in [-0.4, -0.2) is 0 Å². The summed E-state index contributed by atoms with van der Waals surface area (Å²) in [7, 11) is 0. The zero-order valence-corrected chi connectivity index (χ0v) is 10.7. The van der Waals surface area contributed by atoms with Crippen molar-refractivity contribution in [2.75, 3.05) is 0 Å². The van der Waals surface area contributed by atoms with Crippen molar-refractivity contribution < 1.29 is 4.57 Å². The van der Waals surface area contributed by atoms with E-state index in [1.807, 2.05) is 6.07 Å². The molecule has 0 aliphatic heterocycles. The molecule has 3 aromatic rings. The summed E-state index contributed by atoms with van der Waals surface area (Å²) in [5.74, 6) is 0. The molecule has 1 heterocycles. The number of aryl methyl sites for hydroxylation is 2. The second-order valence-corrected chi connectivity index (χ2v) is 4.66. The van der Waals surface area contributed by atoms with Crippen LogP contribution in [0.3, 0.4) is 0 Å². The van der Waals surface area contributed by atoms with Gasteiger partial charge in [0.2, 0.25) is 11.2 Å². The summed E-state index contributed by atoms with van der Waals surface area (Å²) < 4.78 is 2.26. The fraction of sp³-hybridized carbons (Fsp3) is 0.118. The monoisotopic (exact) mass is 234 g/mol. The smallest absolute Gasteiger partial charge is 0.160 e. The zero-order chi connectivity index (χ0) is 12.5. The fourth-order valence-electron chi connectivity index (χ4n) is 2.38. The van der Waals surface area contributed by atoms with Crippen LogP contribution in [0.2, 0.25) is 0 Å². The number of benzene rings is 2. The second-order valence-electron chi connectivity index (χ2n) is 4.66. The Bertz CT molecular complexity index is 699. The van der Waals surface area contributed by atoms with E-state index in [-0.39, 0.29) is 0 Å². The maximum absolute atomic E-state index is 2.26. The third-order valence-corrected chi connectivity index (χ3v) is 3.52. The van der Waals surface area contributed by atoms with Crippen molar-refractivity contribution >= 4 is 10.9 Å². The van der Waals surface area contributed by atoms with Gasteiger partial charge in [-0.25, -0.2) is 0 Å². The van der Waals surface area contributed by atoms with E-state index < -0.39 is 0 Å². The van der Waals surface area contributed by atoms with Crippen molar-refractivity contribution in [3.63, 3.8) is 0 Å². The van der Waals surface area contributed by atoms with Crippen molar-refractivity contribution in [3.05, 3.63) is 71.9 Å². The first-order chi connectivity index (χ1) is 8.77. The number of fused-ring (bicyclic) bond motifs is 1. The minimum absolute atomic E-state index is 1.21. The minimum Gasteiger partial charge on any atom is -0.160 e. The molecule has 0 amide bonds. The van der Waals surface area contributed by atoms with E-state index in [4.69, 9.17) is 0 Å². The molecule has 0 saturated heterocycles. The molecule has 0 fully saturated rings. The average molecular weight is 234 g/mol. The first-order valence-corrected chi connectivity index (χ1v) is 6.23. The summed E-state index contributed by atoms with van der Waals surface area (Å²) in [6.45, 7) is 4.36. The molecule has 88 valence electrons. The Morgan fingerprint density at radius 2 is 1.44 bits per heavy atom. The lowest BCUT2D eigenvalue weighted by Gasteiger charge is -2.06. The molecular formula is C17H16N+. The van der Waals surface area contributed by atoms with Crippen molar-refractivity contribution in [2.24, 2.45) is 0 Å². The van der Waals surface area contributed by atoms with Gasteiger partial charge in [0, 0.05) is 23.8 Å². The van der Waals surface area contributed by atoms with E-state index in [1.165, 1.54) is 27.7 Å². The number of para-hydroxylation sites is 2. The standard InChI is InChI=1S/C17H16N/c1-13-12-18(15-8-4-3-5-9-15)17-11-7-6-10-16(17)14(13)2/h3-12H,1-2H3/q+1. The average Bonchev–Trinajstić information content (AvgIpc) is 2.44. The lowest BCUT2D eigenvalue weighted by molar-refractivity contribution is -0.567. The highest BCUT2D eigenvalue weighted by Gasteiger charge is 2.14. The number of nitrogens with zero attached hydrogens (tertiary/aromatic N) is 1. The van der Waals surface area contributed by atoms with Crippen LogP contribution < -0.4 is 4.57 Å². The maximum atomic E-state index is 2.26. The summed E-state index contributed by atoms with van der Waals surface area (Å²) in [4.78, 5) is 0. The predicted octanol–water partition coefficient (Wildman–Crippen LogP) is 3.73. The van der Waals surface area contributed by atoms with Crippen LogP contribution >= 0.6 is 0 Å². The first-order valence-electron chi connectivity index (χ1n) is 6.23. The third-order valence-electron chi connectivity index (χ3n) is 3.52. The quantitative estimate of drug-likeness (QED) is 0.565. The molecule has 0 N–H and O–H groups in total. The van der Waals surface area contributed by atoms with Gasteiger partial charge in [0.1, 0.15) is 0 Å². The molecule has 3 rings (SSSR count). The largest absolute Gasteiger partial charge is 0.218 e. The second kappa shape index (κ2) is 4.26. The Morgan fingerprint density at radius 3 is 2.22 bits per heavy atom. The highest BCUT2D eigenvalue weighted by Crippen LogP contribution is 2.19. The lowest BCUT2D eigenvalue weighted by atomic mass is 10.1. The lowest BCUT2D eigenvalue weighted by Crippen LogP contribution is -2.32. The van der Waals surface area contributed by atoms with Crippen LogP contribution in [0, 0.1) is 13.8 Å². The van der Waals surface area contributed by atoms with Gasteiger partial charge in [-0.1, -0.05) is 30.3 Å². The van der Waals surface area contributed by atoms with Crippen molar-refractivity contribution in [1.82, 2.24) is 0 Å². The molecule has 2 aromatic carbocycles. The third kappa shape index (κ3) is 1.68. The molecule has 18 heavy (non-hydrogen) atoms. The topological polar surface area (TPSA) is 3.88 Å². The number of pyridine rings is 1. The molecule has 1 heteroatoms. The summed E-state index contributed by atoms with van der Waals surface area (Å²) in [6, 6.07) is 19.0. The Morgan fingerprint density at radius 1 is 0.778 bits per heavy atom. The van der Waals surface area contributed by atoms with Crippen molar-refractivity contribution in [3.8, 4) is 5.69 Å². The van der Waals surface area contributed by atoms with Gasteiger partial charge in [0.25, 0.3) is 0 Å². The highest BCUT2D eigenvalue weighted by atomic mass is 15.0. The molecule has 0 bridgehead atoms. The molecule has 0 aliphatic rings. The van der Waals surface area contributed by atoms with Crippen LogP contribution in [0.5, 0.6) is 0 Å². The van der Waals surface area contributed by atoms with E-state index in [9.17, 15) is 0 Å². The molecule has 0 radical (unpaired) electrons. The van der Waals surface area contributed by atoms with Crippen molar-refractivity contribution in [2.45, 2.75) is 13.8 Å². The summed E-state index contributed by atoms with van der Waals surface area (Å²) >= 11 is 0. The molecular weight excluding hydrogens is 218 g/mol. The molecule has 0 saturated carbocycles. The molecule has 1 aromatic heterocycles. The minimum atomic E-state index is 1.21. The maximum Gasteiger partial charge on any atom is 0.218 e. The van der Waals surface area contributed by atoms with E-state index in [0.717, 1.165) is 0 Å². The highest BCUT2D eigenvalue weighted by molar-refractivity contribution is 5.80. The Balaban J connectivity index is 2.40. The number of hydrogen-bond acceptors (Lipinski definition) is 0. The first kappa shape index (κ1) is 11.0.